The predicted octanol–water partition coefficient (Wildman–Crippen LogP) is 2.12. The standard InChI is InChI=1S/C11H9N3O4S/c1-2-3-18-11(17)14-10-13-8-7(19-10)4-6(5-12-8)9(15)16/h2,4-5H,1,3H2,(H,15,16)(H,12,13,14,17). The van der Waals surface area contributed by atoms with Gasteiger partial charge in [0.1, 0.15) is 6.61 Å². The third kappa shape index (κ3) is 3.05. The largest absolute Gasteiger partial charge is 0.478 e. The Hall–Kier alpha value is -2.48. The van der Waals surface area contributed by atoms with E-state index in [0.29, 0.717) is 15.5 Å². The number of nitrogens with zero attached hydrogens (tertiary/aromatic N) is 2. The van der Waals surface area contributed by atoms with Gasteiger partial charge in [-0.15, -0.1) is 0 Å². The van der Waals surface area contributed by atoms with Crippen LogP contribution in [0.1, 0.15) is 10.4 Å². The van der Waals surface area contributed by atoms with Crippen molar-refractivity contribution in [3.05, 3.63) is 30.5 Å². The van der Waals surface area contributed by atoms with Crippen LogP contribution < -0.4 is 5.32 Å². The van der Waals surface area contributed by atoms with Crippen LogP contribution >= 0.6 is 11.3 Å². The fraction of sp³-hybridized carbons (Fsp3) is 0.0909. The van der Waals surface area contributed by atoms with Crippen LogP contribution in [0.15, 0.2) is 24.9 Å². The zero-order valence-electron chi connectivity index (χ0n) is 9.62. The number of fused-ring (bicyclic) bond motifs is 1. The molecule has 0 aliphatic carbocycles. The molecule has 0 bridgehead atoms. The molecule has 0 unspecified atom stereocenters. The first-order valence-electron chi connectivity index (χ1n) is 5.14. The molecule has 19 heavy (non-hydrogen) atoms. The van der Waals surface area contributed by atoms with Crippen molar-refractivity contribution in [1.82, 2.24) is 9.97 Å². The number of ether oxygens (including phenoxy) is 1. The van der Waals surface area contributed by atoms with Crippen LogP contribution in [0.2, 0.25) is 0 Å². The highest BCUT2D eigenvalue weighted by molar-refractivity contribution is 7.22. The molecule has 98 valence electrons. The summed E-state index contributed by atoms with van der Waals surface area (Å²) in [6.07, 6.45) is 2.00. The highest BCUT2D eigenvalue weighted by Gasteiger charge is 2.11. The van der Waals surface area contributed by atoms with E-state index in [1.54, 1.807) is 0 Å². The quantitative estimate of drug-likeness (QED) is 0.831. The van der Waals surface area contributed by atoms with Gasteiger partial charge in [0.2, 0.25) is 0 Å². The van der Waals surface area contributed by atoms with Gasteiger partial charge in [-0.3, -0.25) is 5.32 Å². The lowest BCUT2D eigenvalue weighted by Crippen LogP contribution is -2.13. The van der Waals surface area contributed by atoms with Crippen LogP contribution in [-0.4, -0.2) is 33.7 Å². The summed E-state index contributed by atoms with van der Waals surface area (Å²) in [6, 6.07) is 1.45. The third-order valence-corrected chi connectivity index (χ3v) is 2.94. The number of thiazole rings is 1. The number of carbonyl (C=O) groups is 2. The molecule has 0 fully saturated rings. The number of aromatic carboxylic acids is 1. The van der Waals surface area contributed by atoms with Gasteiger partial charge in [0.25, 0.3) is 0 Å². The van der Waals surface area contributed by atoms with E-state index in [4.69, 9.17) is 9.84 Å². The lowest BCUT2D eigenvalue weighted by atomic mass is 10.3. The maximum atomic E-state index is 11.3. The molecule has 0 aliphatic rings. The fourth-order valence-corrected chi connectivity index (χ4v) is 2.10. The normalized spacial score (nSPS) is 10.1. The predicted molar refractivity (Wildman–Crippen MR) is 69.5 cm³/mol. The first kappa shape index (κ1) is 13.0. The number of carboxylic acids is 1. The van der Waals surface area contributed by atoms with Crippen molar-refractivity contribution in [2.75, 3.05) is 11.9 Å². The van der Waals surface area contributed by atoms with E-state index in [2.05, 4.69) is 21.9 Å². The molecular formula is C11H9N3O4S. The Morgan fingerprint density at radius 2 is 2.37 bits per heavy atom. The van der Waals surface area contributed by atoms with Gasteiger partial charge in [-0.05, 0) is 6.07 Å². The Morgan fingerprint density at radius 3 is 3.05 bits per heavy atom. The molecule has 2 aromatic rings. The Kier molecular flexibility index (Phi) is 3.71. The van der Waals surface area contributed by atoms with Gasteiger partial charge in [0, 0.05) is 6.20 Å². The third-order valence-electron chi connectivity index (χ3n) is 2.04. The molecule has 0 aliphatic heterocycles. The van der Waals surface area contributed by atoms with Gasteiger partial charge in [0.15, 0.2) is 10.8 Å². The zero-order valence-corrected chi connectivity index (χ0v) is 10.4. The molecule has 0 atom stereocenters. The van der Waals surface area contributed by atoms with Gasteiger partial charge < -0.3 is 9.84 Å². The van der Waals surface area contributed by atoms with Crippen molar-refractivity contribution >= 4 is 38.9 Å². The van der Waals surface area contributed by atoms with Crippen molar-refractivity contribution in [2.45, 2.75) is 0 Å². The summed E-state index contributed by atoms with van der Waals surface area (Å²) in [5.41, 5.74) is 0.436. The number of nitrogens with one attached hydrogen (secondary N) is 1. The minimum Gasteiger partial charge on any atom is -0.478 e. The summed E-state index contributed by atoms with van der Waals surface area (Å²) in [7, 11) is 0. The summed E-state index contributed by atoms with van der Waals surface area (Å²) in [4.78, 5) is 30.0. The number of rotatable bonds is 4. The molecule has 2 heterocycles. The Morgan fingerprint density at radius 1 is 1.58 bits per heavy atom. The fourth-order valence-electron chi connectivity index (χ4n) is 1.25. The van der Waals surface area contributed by atoms with Crippen LogP contribution in [0.3, 0.4) is 0 Å². The number of amides is 1. The second-order valence-corrected chi connectivity index (χ2v) is 4.41. The first-order chi connectivity index (χ1) is 9.10. The summed E-state index contributed by atoms with van der Waals surface area (Å²) >= 11 is 1.12. The molecule has 0 spiro atoms. The van der Waals surface area contributed by atoms with Gasteiger partial charge in [-0.1, -0.05) is 24.0 Å². The minimum absolute atomic E-state index is 0.0666. The van der Waals surface area contributed by atoms with Gasteiger partial charge in [-0.2, -0.15) is 4.98 Å². The molecule has 0 saturated carbocycles. The average molecular weight is 279 g/mol. The second-order valence-electron chi connectivity index (χ2n) is 3.38. The highest BCUT2D eigenvalue weighted by atomic mass is 32.1. The zero-order chi connectivity index (χ0) is 13.8. The van der Waals surface area contributed by atoms with Gasteiger partial charge in [0.05, 0.1) is 10.3 Å². The molecule has 1 amide bonds. The monoisotopic (exact) mass is 279 g/mol. The molecule has 7 nitrogen and oxygen atoms in total. The van der Waals surface area contributed by atoms with Crippen LogP contribution in [0.25, 0.3) is 10.3 Å². The average Bonchev–Trinajstić information content (AvgIpc) is 2.77. The Bertz CT molecular complexity index is 652. The van der Waals surface area contributed by atoms with Gasteiger partial charge >= 0.3 is 12.1 Å². The molecule has 0 aromatic carbocycles. The van der Waals surface area contributed by atoms with Gasteiger partial charge in [-0.25, -0.2) is 14.6 Å². The smallest absolute Gasteiger partial charge is 0.413 e. The molecule has 8 heteroatoms. The number of anilines is 1. The van der Waals surface area contributed by atoms with E-state index in [-0.39, 0.29) is 12.2 Å². The van der Waals surface area contributed by atoms with Crippen molar-refractivity contribution < 1.29 is 19.4 Å². The number of hydrogen-bond acceptors (Lipinski definition) is 6. The summed E-state index contributed by atoms with van der Waals surface area (Å²) in [6.45, 7) is 3.51. The van der Waals surface area contributed by atoms with E-state index < -0.39 is 12.1 Å². The van der Waals surface area contributed by atoms with E-state index in [1.165, 1.54) is 18.3 Å². The lowest BCUT2D eigenvalue weighted by molar-refractivity contribution is 0.0696. The summed E-state index contributed by atoms with van der Waals surface area (Å²) in [5, 5.41) is 11.6. The minimum atomic E-state index is -1.07. The molecule has 2 N–H and O–H groups in total. The highest BCUT2D eigenvalue weighted by Crippen LogP contribution is 2.25. The maximum Gasteiger partial charge on any atom is 0.413 e. The van der Waals surface area contributed by atoms with Crippen LogP contribution in [0.4, 0.5) is 9.93 Å². The van der Waals surface area contributed by atoms with Crippen molar-refractivity contribution in [1.29, 1.82) is 0 Å². The summed E-state index contributed by atoms with van der Waals surface area (Å²) < 4.78 is 5.31. The number of carbonyl (C=O) groups excluding carboxylic acids is 1. The van der Waals surface area contributed by atoms with Crippen molar-refractivity contribution in [3.8, 4) is 0 Å². The number of pyridine rings is 1. The lowest BCUT2D eigenvalue weighted by Gasteiger charge is -2.00. The van der Waals surface area contributed by atoms with Crippen LogP contribution in [0, 0.1) is 0 Å². The van der Waals surface area contributed by atoms with E-state index in [0.717, 1.165) is 11.3 Å². The van der Waals surface area contributed by atoms with Crippen molar-refractivity contribution in [3.63, 3.8) is 0 Å². The van der Waals surface area contributed by atoms with Crippen LogP contribution in [0.5, 0.6) is 0 Å². The topological polar surface area (TPSA) is 101 Å². The SMILES string of the molecule is C=CCOC(=O)Nc1nc2ncc(C(=O)O)cc2s1. The summed E-state index contributed by atoms with van der Waals surface area (Å²) in [5.74, 6) is -1.07. The van der Waals surface area contributed by atoms with Crippen LogP contribution in [-0.2, 0) is 4.74 Å². The van der Waals surface area contributed by atoms with E-state index in [9.17, 15) is 9.59 Å². The van der Waals surface area contributed by atoms with Crippen molar-refractivity contribution in [2.24, 2.45) is 0 Å². The molecular weight excluding hydrogens is 270 g/mol. The van der Waals surface area contributed by atoms with E-state index in [1.807, 2.05) is 0 Å². The second kappa shape index (κ2) is 5.44. The number of hydrogen-bond donors (Lipinski definition) is 2. The molecule has 2 aromatic heterocycles. The maximum absolute atomic E-state index is 11.3. The molecule has 0 saturated heterocycles. The number of carboxylic acid groups (broad SMARTS) is 1. The molecule has 2 rings (SSSR count). The Balaban J connectivity index is 2.19. The van der Waals surface area contributed by atoms with E-state index >= 15 is 0 Å². The Labute approximate surface area is 111 Å². The number of aromatic nitrogens is 2. The molecule has 0 radical (unpaired) electrons. The first-order valence-corrected chi connectivity index (χ1v) is 5.96.